The largest absolute Gasteiger partial charge is 0.348 e. The van der Waals surface area contributed by atoms with Crippen molar-refractivity contribution in [2.24, 2.45) is 5.92 Å². The van der Waals surface area contributed by atoms with E-state index in [-0.39, 0.29) is 17.9 Å². The van der Waals surface area contributed by atoms with E-state index < -0.39 is 0 Å². The highest BCUT2D eigenvalue weighted by Gasteiger charge is 2.38. The normalized spacial score (nSPS) is 22.9. The summed E-state index contributed by atoms with van der Waals surface area (Å²) in [6.07, 6.45) is 3.96. The highest BCUT2D eigenvalue weighted by molar-refractivity contribution is 5.93. The van der Waals surface area contributed by atoms with Gasteiger partial charge in [0.05, 0.1) is 6.54 Å². The number of rotatable bonds is 3. The van der Waals surface area contributed by atoms with Crippen LogP contribution in [0.15, 0.2) is 24.4 Å². The summed E-state index contributed by atoms with van der Waals surface area (Å²) < 4.78 is 1.96. The van der Waals surface area contributed by atoms with Gasteiger partial charge in [0.2, 0.25) is 5.91 Å². The molecule has 2 bridgehead atoms. The van der Waals surface area contributed by atoms with Gasteiger partial charge < -0.3 is 14.2 Å². The van der Waals surface area contributed by atoms with E-state index >= 15 is 0 Å². The molecule has 0 aliphatic carbocycles. The minimum Gasteiger partial charge on any atom is -0.348 e. The van der Waals surface area contributed by atoms with Crippen molar-refractivity contribution in [2.45, 2.75) is 25.8 Å². The molecule has 0 saturated carbocycles. The molecule has 2 atom stereocenters. The third-order valence-electron chi connectivity index (χ3n) is 5.82. The van der Waals surface area contributed by atoms with E-state index in [9.17, 15) is 9.59 Å². The number of nitrogens with zero attached hydrogens (tertiary/aromatic N) is 5. The van der Waals surface area contributed by atoms with Gasteiger partial charge in [-0.2, -0.15) is 0 Å². The molecule has 3 aliphatic heterocycles. The quantitative estimate of drug-likeness (QED) is 0.817. The van der Waals surface area contributed by atoms with Crippen molar-refractivity contribution in [3.63, 3.8) is 0 Å². The second-order valence-electron chi connectivity index (χ2n) is 8.06. The Morgan fingerprint density at radius 1 is 1.19 bits per heavy atom. The number of likely N-dealkylation sites (N-methyl/N-ethyl adjacent to an activating group) is 1. The highest BCUT2D eigenvalue weighted by Crippen LogP contribution is 2.29. The van der Waals surface area contributed by atoms with Crippen molar-refractivity contribution in [3.05, 3.63) is 35.8 Å². The SMILES string of the molecule is Cc1cccc2nc(C(=O)N3C[C@H]4CC[C@@H]3CN(CC(=O)N(C)C)C4)cn12. The molecule has 3 fully saturated rings. The molecule has 7 nitrogen and oxygen atoms in total. The summed E-state index contributed by atoms with van der Waals surface area (Å²) in [5.74, 6) is 0.542. The van der Waals surface area contributed by atoms with E-state index in [1.165, 1.54) is 0 Å². The molecule has 3 saturated heterocycles. The maximum Gasteiger partial charge on any atom is 0.274 e. The van der Waals surface area contributed by atoms with Crippen LogP contribution in [0.2, 0.25) is 0 Å². The molecule has 7 heteroatoms. The van der Waals surface area contributed by atoms with Gasteiger partial charge >= 0.3 is 0 Å². The zero-order chi connectivity index (χ0) is 19.1. The number of pyridine rings is 1. The van der Waals surface area contributed by atoms with Crippen molar-refractivity contribution in [3.8, 4) is 0 Å². The number of aromatic nitrogens is 2. The van der Waals surface area contributed by atoms with Crippen molar-refractivity contribution >= 4 is 17.5 Å². The fourth-order valence-corrected chi connectivity index (χ4v) is 4.29. The lowest BCUT2D eigenvalue weighted by molar-refractivity contribution is -0.129. The Labute approximate surface area is 159 Å². The second-order valence-corrected chi connectivity index (χ2v) is 8.06. The topological polar surface area (TPSA) is 61.2 Å². The maximum absolute atomic E-state index is 13.2. The van der Waals surface area contributed by atoms with Gasteiger partial charge in [-0.15, -0.1) is 0 Å². The first-order chi connectivity index (χ1) is 12.9. The third kappa shape index (κ3) is 3.43. The molecule has 0 radical (unpaired) electrons. The van der Waals surface area contributed by atoms with E-state index in [0.29, 0.717) is 18.2 Å². The first kappa shape index (κ1) is 18.0. The third-order valence-corrected chi connectivity index (χ3v) is 5.82. The molecule has 0 aromatic carbocycles. The molecule has 5 heterocycles. The first-order valence-corrected chi connectivity index (χ1v) is 9.60. The smallest absolute Gasteiger partial charge is 0.274 e. The predicted octanol–water partition coefficient (Wildman–Crippen LogP) is 1.27. The standard InChI is InChI=1S/C20H27N5O2/c1-14-5-4-6-18-21-17(12-24(14)18)20(27)25-10-15-7-8-16(25)11-23(9-15)13-19(26)22(2)3/h4-6,12,15-16H,7-11,13H2,1-3H3/t15-,16+/m0/s1. The van der Waals surface area contributed by atoms with Crippen LogP contribution in [-0.4, -0.2) is 82.2 Å². The molecule has 2 aromatic heterocycles. The molecule has 2 amide bonds. The van der Waals surface area contributed by atoms with Crippen LogP contribution in [-0.2, 0) is 4.79 Å². The number of amides is 2. The van der Waals surface area contributed by atoms with Gasteiger partial charge in [0, 0.05) is 51.7 Å². The molecular weight excluding hydrogens is 342 g/mol. The molecule has 27 heavy (non-hydrogen) atoms. The van der Waals surface area contributed by atoms with Crippen LogP contribution in [0.1, 0.15) is 29.0 Å². The average molecular weight is 369 g/mol. The Hall–Kier alpha value is -2.41. The molecule has 3 aliphatic rings. The Kier molecular flexibility index (Phi) is 4.63. The molecule has 2 aromatic rings. The Morgan fingerprint density at radius 2 is 2.00 bits per heavy atom. The minimum atomic E-state index is 0.00795. The molecule has 5 rings (SSSR count). The fourth-order valence-electron chi connectivity index (χ4n) is 4.29. The minimum absolute atomic E-state index is 0.00795. The zero-order valence-electron chi connectivity index (χ0n) is 16.3. The number of hydrogen-bond acceptors (Lipinski definition) is 4. The summed E-state index contributed by atoms with van der Waals surface area (Å²) in [6, 6.07) is 6.04. The molecule has 0 unspecified atom stereocenters. The number of aryl methyl sites for hydroxylation is 1. The number of piperidine rings is 1. The lowest BCUT2D eigenvalue weighted by atomic mass is 9.95. The molecule has 144 valence electrons. The van der Waals surface area contributed by atoms with Gasteiger partial charge in [-0.25, -0.2) is 4.98 Å². The molecule has 0 N–H and O–H groups in total. The van der Waals surface area contributed by atoms with Gasteiger partial charge in [0.1, 0.15) is 11.3 Å². The van der Waals surface area contributed by atoms with Crippen LogP contribution in [0.3, 0.4) is 0 Å². The van der Waals surface area contributed by atoms with Gasteiger partial charge in [0.15, 0.2) is 0 Å². The summed E-state index contributed by atoms with van der Waals surface area (Å²) in [7, 11) is 3.58. The number of fused-ring (bicyclic) bond motifs is 5. The van der Waals surface area contributed by atoms with Crippen LogP contribution < -0.4 is 0 Å². The second kappa shape index (κ2) is 6.96. The van der Waals surface area contributed by atoms with E-state index in [0.717, 1.165) is 43.8 Å². The number of hydrogen-bond donors (Lipinski definition) is 0. The average Bonchev–Trinajstić information content (AvgIpc) is 2.89. The fraction of sp³-hybridized carbons (Fsp3) is 0.550. The van der Waals surface area contributed by atoms with Crippen molar-refractivity contribution in [2.75, 3.05) is 40.3 Å². The Bertz CT molecular complexity index is 874. The maximum atomic E-state index is 13.2. The van der Waals surface area contributed by atoms with Gasteiger partial charge in [0.25, 0.3) is 5.91 Å². The van der Waals surface area contributed by atoms with Crippen LogP contribution in [0.25, 0.3) is 5.65 Å². The van der Waals surface area contributed by atoms with Crippen molar-refractivity contribution in [1.82, 2.24) is 24.1 Å². The Balaban J connectivity index is 1.54. The molecule has 0 spiro atoms. The summed E-state index contributed by atoms with van der Waals surface area (Å²) in [6.45, 7) is 4.83. The summed E-state index contributed by atoms with van der Waals surface area (Å²) in [4.78, 5) is 35.7. The predicted molar refractivity (Wildman–Crippen MR) is 103 cm³/mol. The van der Waals surface area contributed by atoms with E-state index in [1.54, 1.807) is 19.0 Å². The van der Waals surface area contributed by atoms with E-state index in [1.807, 2.05) is 40.6 Å². The monoisotopic (exact) mass is 369 g/mol. The lowest BCUT2D eigenvalue weighted by Gasteiger charge is -2.35. The highest BCUT2D eigenvalue weighted by atomic mass is 16.2. The Morgan fingerprint density at radius 3 is 2.74 bits per heavy atom. The number of carbonyl (C=O) groups excluding carboxylic acids is 2. The van der Waals surface area contributed by atoms with Gasteiger partial charge in [-0.05, 0) is 37.8 Å². The van der Waals surface area contributed by atoms with Gasteiger partial charge in [-0.1, -0.05) is 6.07 Å². The first-order valence-electron chi connectivity index (χ1n) is 9.60. The van der Waals surface area contributed by atoms with Crippen LogP contribution >= 0.6 is 0 Å². The number of imidazole rings is 1. The van der Waals surface area contributed by atoms with Crippen LogP contribution in [0, 0.1) is 12.8 Å². The molecular formula is C20H27N5O2. The lowest BCUT2D eigenvalue weighted by Crippen LogP contribution is -2.48. The van der Waals surface area contributed by atoms with E-state index in [2.05, 4.69) is 9.88 Å². The summed E-state index contributed by atoms with van der Waals surface area (Å²) >= 11 is 0. The van der Waals surface area contributed by atoms with Crippen molar-refractivity contribution in [1.29, 1.82) is 0 Å². The van der Waals surface area contributed by atoms with Crippen LogP contribution in [0.5, 0.6) is 0 Å². The number of carbonyl (C=O) groups is 2. The van der Waals surface area contributed by atoms with E-state index in [4.69, 9.17) is 0 Å². The van der Waals surface area contributed by atoms with Crippen molar-refractivity contribution < 1.29 is 9.59 Å². The summed E-state index contributed by atoms with van der Waals surface area (Å²) in [5.41, 5.74) is 2.37. The zero-order valence-corrected chi connectivity index (χ0v) is 16.3. The summed E-state index contributed by atoms with van der Waals surface area (Å²) in [5, 5.41) is 0. The van der Waals surface area contributed by atoms with Crippen LogP contribution in [0.4, 0.5) is 0 Å². The van der Waals surface area contributed by atoms with Gasteiger partial charge in [-0.3, -0.25) is 14.5 Å².